The number of hydrazone groups is 1. The second-order valence-corrected chi connectivity index (χ2v) is 8.73. The highest BCUT2D eigenvalue weighted by molar-refractivity contribution is 5.78. The molecule has 4 aromatic rings. The van der Waals surface area contributed by atoms with Gasteiger partial charge in [0.1, 0.15) is 0 Å². The van der Waals surface area contributed by atoms with Crippen LogP contribution >= 0.6 is 0 Å². The first-order valence-electron chi connectivity index (χ1n) is 12.2. The van der Waals surface area contributed by atoms with Crippen LogP contribution in [0.15, 0.2) is 60.1 Å². The first-order valence-corrected chi connectivity index (χ1v) is 12.2. The maximum Gasteiger partial charge on any atom is 0.245 e. The lowest BCUT2D eigenvalue weighted by Gasteiger charge is -2.27. The van der Waals surface area contributed by atoms with Gasteiger partial charge in [-0.1, -0.05) is 13.0 Å². The standard InChI is InChI=1S/C27H29FN8O/c1-3-21-13-20(14-29-21)19-4-7-25(18(2)12-19)33-23-6-5-22(30-15-23)16-32-35-27-31-17-24(28)26(34-27)36-8-10-37-11-9-36/h4-7,12-17,29,33H,3,8-11H2,1-2H3,(H,31,34,35)/b32-16+. The maximum atomic E-state index is 14.2. The normalized spacial score (nSPS) is 13.8. The largest absolute Gasteiger partial charge is 0.378 e. The fourth-order valence-corrected chi connectivity index (χ4v) is 4.07. The molecule has 0 spiro atoms. The van der Waals surface area contributed by atoms with Crippen molar-refractivity contribution in [2.75, 3.05) is 41.9 Å². The summed E-state index contributed by atoms with van der Waals surface area (Å²) in [6.07, 6.45) is 7.48. The zero-order valence-electron chi connectivity index (χ0n) is 20.8. The SMILES string of the molecule is CCc1cc(-c2ccc(Nc3ccc(/C=N/Nc4ncc(F)c(N5CCOCC5)n4)nc3)c(C)c2)c[nH]1. The van der Waals surface area contributed by atoms with Crippen LogP contribution in [0.2, 0.25) is 0 Å². The summed E-state index contributed by atoms with van der Waals surface area (Å²) in [5, 5.41) is 7.57. The Morgan fingerprint density at radius 2 is 1.97 bits per heavy atom. The van der Waals surface area contributed by atoms with Gasteiger partial charge in [-0.3, -0.25) is 4.98 Å². The van der Waals surface area contributed by atoms with Gasteiger partial charge >= 0.3 is 0 Å². The fourth-order valence-electron chi connectivity index (χ4n) is 4.07. The van der Waals surface area contributed by atoms with Crippen molar-refractivity contribution in [1.29, 1.82) is 0 Å². The van der Waals surface area contributed by atoms with Crippen molar-refractivity contribution in [3.05, 3.63) is 77.8 Å². The van der Waals surface area contributed by atoms with Gasteiger partial charge in [-0.25, -0.2) is 14.8 Å². The van der Waals surface area contributed by atoms with Crippen LogP contribution in [0.5, 0.6) is 0 Å². The maximum absolute atomic E-state index is 14.2. The molecule has 3 N–H and O–H groups in total. The molecule has 0 atom stereocenters. The Bertz CT molecular complexity index is 1380. The number of rotatable bonds is 8. The third kappa shape index (κ3) is 5.92. The molecule has 10 heteroatoms. The van der Waals surface area contributed by atoms with Crippen LogP contribution < -0.4 is 15.6 Å². The number of pyridine rings is 1. The summed E-state index contributed by atoms with van der Waals surface area (Å²) in [6.45, 7) is 6.46. The lowest BCUT2D eigenvalue weighted by atomic mass is 10.0. The molecular formula is C27H29FN8O. The number of benzene rings is 1. The quantitative estimate of drug-likeness (QED) is 0.233. The summed E-state index contributed by atoms with van der Waals surface area (Å²) in [5.41, 5.74) is 10.0. The number of morpholine rings is 1. The van der Waals surface area contributed by atoms with E-state index in [9.17, 15) is 4.39 Å². The van der Waals surface area contributed by atoms with E-state index in [1.54, 1.807) is 12.4 Å². The Morgan fingerprint density at radius 3 is 2.70 bits per heavy atom. The van der Waals surface area contributed by atoms with Gasteiger partial charge in [-0.05, 0) is 60.4 Å². The number of nitrogens with zero attached hydrogens (tertiary/aromatic N) is 5. The molecule has 190 valence electrons. The molecule has 0 unspecified atom stereocenters. The number of aryl methyl sites for hydroxylation is 2. The first-order chi connectivity index (χ1) is 18.1. The van der Waals surface area contributed by atoms with Gasteiger partial charge in [-0.2, -0.15) is 10.1 Å². The van der Waals surface area contributed by atoms with Gasteiger partial charge in [0.2, 0.25) is 5.95 Å². The van der Waals surface area contributed by atoms with Crippen LogP contribution in [-0.2, 0) is 11.2 Å². The van der Waals surface area contributed by atoms with Crippen molar-refractivity contribution in [2.24, 2.45) is 5.10 Å². The molecule has 0 amide bonds. The molecule has 3 aromatic heterocycles. The number of nitrogens with one attached hydrogen (secondary N) is 3. The van der Waals surface area contributed by atoms with E-state index in [-0.39, 0.29) is 11.8 Å². The Kier molecular flexibility index (Phi) is 7.36. The molecule has 37 heavy (non-hydrogen) atoms. The second-order valence-electron chi connectivity index (χ2n) is 8.73. The lowest BCUT2D eigenvalue weighted by molar-refractivity contribution is 0.122. The third-order valence-corrected chi connectivity index (χ3v) is 6.15. The highest BCUT2D eigenvalue weighted by Crippen LogP contribution is 2.27. The number of hydrogen-bond acceptors (Lipinski definition) is 8. The van der Waals surface area contributed by atoms with E-state index in [0.717, 1.165) is 29.6 Å². The van der Waals surface area contributed by atoms with Crippen LogP contribution in [0.25, 0.3) is 11.1 Å². The number of anilines is 4. The number of H-pyrrole nitrogens is 1. The predicted octanol–water partition coefficient (Wildman–Crippen LogP) is 4.90. The average Bonchev–Trinajstić information content (AvgIpc) is 3.42. The van der Waals surface area contributed by atoms with Crippen LogP contribution in [0.1, 0.15) is 23.9 Å². The first kappa shape index (κ1) is 24.4. The van der Waals surface area contributed by atoms with Crippen molar-refractivity contribution in [3.63, 3.8) is 0 Å². The average molecular weight is 501 g/mol. The van der Waals surface area contributed by atoms with Gasteiger partial charge in [-0.15, -0.1) is 0 Å². The Balaban J connectivity index is 1.20. The van der Waals surface area contributed by atoms with Crippen LogP contribution in [0.3, 0.4) is 0 Å². The van der Waals surface area contributed by atoms with Gasteiger partial charge in [0, 0.05) is 30.7 Å². The molecule has 0 aliphatic carbocycles. The summed E-state index contributed by atoms with van der Waals surface area (Å²) in [5.74, 6) is -0.0187. The molecular weight excluding hydrogens is 471 g/mol. The number of aromatic amines is 1. The number of hydrogen-bond donors (Lipinski definition) is 3. The number of aromatic nitrogens is 4. The van der Waals surface area contributed by atoms with Crippen molar-refractivity contribution in [2.45, 2.75) is 20.3 Å². The Hall–Kier alpha value is -4.31. The van der Waals surface area contributed by atoms with Crippen LogP contribution in [0.4, 0.5) is 27.5 Å². The van der Waals surface area contributed by atoms with Crippen molar-refractivity contribution >= 4 is 29.4 Å². The molecule has 1 saturated heterocycles. The highest BCUT2D eigenvalue weighted by Gasteiger charge is 2.17. The van der Waals surface area contributed by atoms with Gasteiger partial charge in [0.05, 0.1) is 43.2 Å². The van der Waals surface area contributed by atoms with E-state index < -0.39 is 5.82 Å². The van der Waals surface area contributed by atoms with Gasteiger partial charge in [0.15, 0.2) is 11.6 Å². The summed E-state index contributed by atoms with van der Waals surface area (Å²) in [7, 11) is 0. The molecule has 0 bridgehead atoms. The molecule has 4 heterocycles. The van der Waals surface area contributed by atoms with Crippen molar-refractivity contribution < 1.29 is 9.13 Å². The third-order valence-electron chi connectivity index (χ3n) is 6.15. The highest BCUT2D eigenvalue weighted by atomic mass is 19.1. The summed E-state index contributed by atoms with van der Waals surface area (Å²) >= 11 is 0. The van der Waals surface area contributed by atoms with E-state index >= 15 is 0 Å². The van der Waals surface area contributed by atoms with E-state index in [2.05, 4.69) is 73.9 Å². The summed E-state index contributed by atoms with van der Waals surface area (Å²) in [6, 6.07) is 12.3. The molecule has 1 aliphatic rings. The van der Waals surface area contributed by atoms with Crippen LogP contribution in [0, 0.1) is 12.7 Å². The fraction of sp³-hybridized carbons (Fsp3) is 0.259. The van der Waals surface area contributed by atoms with E-state index in [1.807, 2.05) is 23.2 Å². The zero-order chi connectivity index (χ0) is 25.6. The van der Waals surface area contributed by atoms with E-state index in [4.69, 9.17) is 4.74 Å². The van der Waals surface area contributed by atoms with E-state index in [0.29, 0.717) is 32.0 Å². The molecule has 1 aromatic carbocycles. The number of halogens is 1. The van der Waals surface area contributed by atoms with E-state index in [1.165, 1.54) is 16.8 Å². The zero-order valence-corrected chi connectivity index (χ0v) is 20.8. The summed E-state index contributed by atoms with van der Waals surface area (Å²) < 4.78 is 19.5. The minimum atomic E-state index is -0.471. The smallest absolute Gasteiger partial charge is 0.245 e. The van der Waals surface area contributed by atoms with Crippen LogP contribution in [-0.4, -0.2) is 52.5 Å². The monoisotopic (exact) mass is 500 g/mol. The molecule has 0 radical (unpaired) electrons. The Morgan fingerprint density at radius 1 is 1.11 bits per heavy atom. The molecule has 5 rings (SSSR count). The Labute approximate surface area is 214 Å². The predicted molar refractivity (Wildman–Crippen MR) is 144 cm³/mol. The topological polar surface area (TPSA) is 103 Å². The molecule has 9 nitrogen and oxygen atoms in total. The van der Waals surface area contributed by atoms with Crippen molar-refractivity contribution in [3.8, 4) is 11.1 Å². The minimum Gasteiger partial charge on any atom is -0.378 e. The number of ether oxygens (including phenoxy) is 1. The van der Waals surface area contributed by atoms with Crippen molar-refractivity contribution in [1.82, 2.24) is 19.9 Å². The second kappa shape index (κ2) is 11.2. The summed E-state index contributed by atoms with van der Waals surface area (Å²) in [4.78, 5) is 17.8. The minimum absolute atomic E-state index is 0.210. The van der Waals surface area contributed by atoms with Gasteiger partial charge in [0.25, 0.3) is 0 Å². The molecule has 1 aliphatic heterocycles. The molecule has 1 fully saturated rings. The molecule has 0 saturated carbocycles. The lowest BCUT2D eigenvalue weighted by Crippen LogP contribution is -2.37. The van der Waals surface area contributed by atoms with Gasteiger partial charge < -0.3 is 19.9 Å².